The molecule has 2 N–H and O–H groups in total. The highest BCUT2D eigenvalue weighted by Gasteiger charge is 2.32. The molecule has 1 amide bonds. The minimum atomic E-state index is -0.0204. The van der Waals surface area contributed by atoms with E-state index < -0.39 is 0 Å². The zero-order chi connectivity index (χ0) is 13.0. The van der Waals surface area contributed by atoms with E-state index >= 15 is 0 Å². The second-order valence-electron chi connectivity index (χ2n) is 5.38. The van der Waals surface area contributed by atoms with Crippen LogP contribution in [-0.2, 0) is 9.53 Å². The Morgan fingerprint density at radius 1 is 1.56 bits per heavy atom. The second kappa shape index (κ2) is 6.50. The van der Waals surface area contributed by atoms with Crippen LogP contribution in [0.3, 0.4) is 0 Å². The van der Waals surface area contributed by atoms with Gasteiger partial charge in [0.15, 0.2) is 0 Å². The predicted molar refractivity (Wildman–Crippen MR) is 68.2 cm³/mol. The number of rotatable bonds is 5. The first-order valence-corrected chi connectivity index (χ1v) is 6.95. The first-order chi connectivity index (χ1) is 8.70. The average molecular weight is 256 g/mol. The molecule has 5 heteroatoms. The van der Waals surface area contributed by atoms with Crippen molar-refractivity contribution in [3.05, 3.63) is 0 Å². The zero-order valence-electron chi connectivity index (χ0n) is 11.1. The summed E-state index contributed by atoms with van der Waals surface area (Å²) in [4.78, 5) is 14.2. The van der Waals surface area contributed by atoms with E-state index in [1.807, 2.05) is 6.92 Å². The monoisotopic (exact) mass is 256 g/mol. The summed E-state index contributed by atoms with van der Waals surface area (Å²) in [5.41, 5.74) is 0. The largest absolute Gasteiger partial charge is 0.395 e. The molecule has 0 radical (unpaired) electrons. The summed E-state index contributed by atoms with van der Waals surface area (Å²) in [6.45, 7) is 4.74. The molecular weight excluding hydrogens is 232 g/mol. The van der Waals surface area contributed by atoms with Crippen molar-refractivity contribution in [1.29, 1.82) is 0 Å². The zero-order valence-corrected chi connectivity index (χ0v) is 11.1. The lowest BCUT2D eigenvalue weighted by Crippen LogP contribution is -2.45. The number of carbonyl (C=O) groups excluding carboxylic acids is 1. The maximum atomic E-state index is 12.4. The first-order valence-electron chi connectivity index (χ1n) is 6.95. The maximum Gasteiger partial charge on any atom is 0.228 e. The predicted octanol–water partition coefficient (Wildman–Crippen LogP) is -0.0157. The van der Waals surface area contributed by atoms with E-state index in [4.69, 9.17) is 9.84 Å². The molecule has 2 heterocycles. The van der Waals surface area contributed by atoms with Crippen molar-refractivity contribution in [2.75, 3.05) is 32.8 Å². The first kappa shape index (κ1) is 13.8. The highest BCUT2D eigenvalue weighted by atomic mass is 16.5. The van der Waals surface area contributed by atoms with Crippen LogP contribution >= 0.6 is 0 Å². The molecular formula is C13H24N2O3. The van der Waals surface area contributed by atoms with E-state index in [1.54, 1.807) is 4.90 Å². The van der Waals surface area contributed by atoms with E-state index in [-0.39, 0.29) is 24.5 Å². The second-order valence-corrected chi connectivity index (χ2v) is 5.38. The van der Waals surface area contributed by atoms with Crippen molar-refractivity contribution < 1.29 is 14.6 Å². The van der Waals surface area contributed by atoms with Crippen LogP contribution in [0, 0.1) is 5.92 Å². The third-order valence-electron chi connectivity index (χ3n) is 3.83. The van der Waals surface area contributed by atoms with Crippen molar-refractivity contribution >= 4 is 5.91 Å². The standard InChI is InChI=1S/C13H24N2O3/c1-10-7-11(9-18-10)13(17)15(5-6-16)8-12-3-2-4-14-12/h10-12,14,16H,2-9H2,1H3. The molecule has 0 spiro atoms. The van der Waals surface area contributed by atoms with Gasteiger partial charge < -0.3 is 20.1 Å². The van der Waals surface area contributed by atoms with Gasteiger partial charge in [-0.1, -0.05) is 0 Å². The van der Waals surface area contributed by atoms with Crippen LogP contribution < -0.4 is 5.32 Å². The molecule has 2 rings (SSSR count). The van der Waals surface area contributed by atoms with Gasteiger partial charge in [-0.25, -0.2) is 0 Å². The molecule has 0 saturated carbocycles. The Bertz CT molecular complexity index is 279. The Morgan fingerprint density at radius 3 is 2.94 bits per heavy atom. The van der Waals surface area contributed by atoms with Gasteiger partial charge in [0.25, 0.3) is 0 Å². The fourth-order valence-corrected chi connectivity index (χ4v) is 2.84. The molecule has 2 aliphatic rings. The van der Waals surface area contributed by atoms with Crippen LogP contribution in [0.4, 0.5) is 0 Å². The van der Waals surface area contributed by atoms with Crippen molar-refractivity contribution in [2.45, 2.75) is 38.3 Å². The van der Waals surface area contributed by atoms with E-state index in [1.165, 1.54) is 6.42 Å². The van der Waals surface area contributed by atoms with E-state index in [2.05, 4.69) is 5.32 Å². The molecule has 0 aromatic heterocycles. The third kappa shape index (κ3) is 3.43. The van der Waals surface area contributed by atoms with Gasteiger partial charge in [0.2, 0.25) is 5.91 Å². The topological polar surface area (TPSA) is 61.8 Å². The Hall–Kier alpha value is -0.650. The highest BCUT2D eigenvalue weighted by Crippen LogP contribution is 2.21. The summed E-state index contributed by atoms with van der Waals surface area (Å²) < 4.78 is 5.46. The maximum absolute atomic E-state index is 12.4. The van der Waals surface area contributed by atoms with Crippen LogP contribution in [0.25, 0.3) is 0 Å². The minimum Gasteiger partial charge on any atom is -0.395 e. The van der Waals surface area contributed by atoms with E-state index in [0.717, 1.165) is 19.4 Å². The Morgan fingerprint density at radius 2 is 2.39 bits per heavy atom. The number of hydrogen-bond donors (Lipinski definition) is 2. The normalized spacial score (nSPS) is 31.8. The van der Waals surface area contributed by atoms with Crippen molar-refractivity contribution in [3.63, 3.8) is 0 Å². The fraction of sp³-hybridized carbons (Fsp3) is 0.923. The summed E-state index contributed by atoms with van der Waals surface area (Å²) in [6.07, 6.45) is 3.28. The Kier molecular flexibility index (Phi) is 4.97. The molecule has 3 atom stereocenters. The van der Waals surface area contributed by atoms with Crippen LogP contribution in [0.1, 0.15) is 26.2 Å². The van der Waals surface area contributed by atoms with Gasteiger partial charge in [0.05, 0.1) is 25.2 Å². The number of ether oxygens (including phenoxy) is 1. The number of hydrogen-bond acceptors (Lipinski definition) is 4. The number of aliphatic hydroxyl groups excluding tert-OH is 1. The number of carbonyl (C=O) groups is 1. The van der Waals surface area contributed by atoms with Crippen LogP contribution in [0.15, 0.2) is 0 Å². The molecule has 5 nitrogen and oxygen atoms in total. The number of nitrogens with one attached hydrogen (secondary N) is 1. The van der Waals surface area contributed by atoms with Crippen LogP contribution in [0.2, 0.25) is 0 Å². The van der Waals surface area contributed by atoms with Crippen molar-refractivity contribution in [2.24, 2.45) is 5.92 Å². The lowest BCUT2D eigenvalue weighted by molar-refractivity contribution is -0.136. The van der Waals surface area contributed by atoms with Crippen molar-refractivity contribution in [1.82, 2.24) is 10.2 Å². The molecule has 0 bridgehead atoms. The van der Waals surface area contributed by atoms with Gasteiger partial charge in [-0.15, -0.1) is 0 Å². The summed E-state index contributed by atoms with van der Waals surface area (Å²) in [7, 11) is 0. The molecule has 0 aromatic carbocycles. The van der Waals surface area contributed by atoms with Gasteiger partial charge in [0.1, 0.15) is 0 Å². The molecule has 2 saturated heterocycles. The van der Waals surface area contributed by atoms with E-state index in [9.17, 15) is 4.79 Å². The highest BCUT2D eigenvalue weighted by molar-refractivity contribution is 5.79. The average Bonchev–Trinajstić information content (AvgIpc) is 2.99. The van der Waals surface area contributed by atoms with Crippen molar-refractivity contribution in [3.8, 4) is 0 Å². The quantitative estimate of drug-likeness (QED) is 0.726. The molecule has 2 fully saturated rings. The molecule has 2 aliphatic heterocycles. The number of aliphatic hydroxyl groups is 1. The molecule has 0 aromatic rings. The lowest BCUT2D eigenvalue weighted by Gasteiger charge is -2.27. The van der Waals surface area contributed by atoms with Gasteiger partial charge in [-0.05, 0) is 32.7 Å². The smallest absolute Gasteiger partial charge is 0.228 e. The summed E-state index contributed by atoms with van der Waals surface area (Å²) >= 11 is 0. The summed E-state index contributed by atoms with van der Waals surface area (Å²) in [5.74, 6) is 0.120. The molecule has 0 aliphatic carbocycles. The summed E-state index contributed by atoms with van der Waals surface area (Å²) in [6, 6.07) is 0.389. The fourth-order valence-electron chi connectivity index (χ4n) is 2.84. The van der Waals surface area contributed by atoms with Gasteiger partial charge in [0, 0.05) is 19.1 Å². The van der Waals surface area contributed by atoms with Gasteiger partial charge >= 0.3 is 0 Å². The number of nitrogens with zero attached hydrogens (tertiary/aromatic N) is 1. The molecule has 104 valence electrons. The van der Waals surface area contributed by atoms with Crippen LogP contribution in [-0.4, -0.2) is 60.9 Å². The summed E-state index contributed by atoms with van der Waals surface area (Å²) in [5, 5.41) is 12.5. The lowest BCUT2D eigenvalue weighted by atomic mass is 10.0. The van der Waals surface area contributed by atoms with Crippen LogP contribution in [0.5, 0.6) is 0 Å². The Labute approximate surface area is 108 Å². The van der Waals surface area contributed by atoms with Gasteiger partial charge in [-0.3, -0.25) is 4.79 Å². The Balaban J connectivity index is 1.88. The number of amides is 1. The van der Waals surface area contributed by atoms with Gasteiger partial charge in [-0.2, -0.15) is 0 Å². The van der Waals surface area contributed by atoms with E-state index in [0.29, 0.717) is 25.7 Å². The minimum absolute atomic E-state index is 0.0204. The third-order valence-corrected chi connectivity index (χ3v) is 3.83. The molecule has 18 heavy (non-hydrogen) atoms. The SMILES string of the molecule is CC1CC(C(=O)N(CCO)CC2CCCN2)CO1. The molecule has 3 unspecified atom stereocenters.